The number of benzene rings is 4. The fraction of sp³-hybridized carbons (Fsp3) is 0.438. The Morgan fingerprint density at radius 2 is 0.974 bits per heavy atom. The number of aromatic nitrogens is 2. The number of pyridine rings is 2. The maximum absolute atomic E-state index is 12.5. The fourth-order valence-electron chi connectivity index (χ4n) is 8.64. The summed E-state index contributed by atoms with van der Waals surface area (Å²) in [5.41, 5.74) is 7.02. The molecule has 0 aliphatic heterocycles. The van der Waals surface area contributed by atoms with E-state index in [-0.39, 0.29) is 76.4 Å². The number of carbonyl (C=O) groups excluding carboxylic acids is 2. The number of hydrogen-bond acceptors (Lipinski definition) is 6. The van der Waals surface area contributed by atoms with E-state index in [0.29, 0.717) is 18.1 Å². The van der Waals surface area contributed by atoms with Gasteiger partial charge in [0.25, 0.3) is 0 Å². The Kier molecular flexibility index (Phi) is 26.1. The number of allylic oxidation sites excluding steroid dienone is 4. The molecule has 2 heterocycles. The summed E-state index contributed by atoms with van der Waals surface area (Å²) >= 11 is 0. The molecule has 0 saturated heterocycles. The zero-order chi connectivity index (χ0) is 57.1. The van der Waals surface area contributed by atoms with Crippen molar-refractivity contribution in [1.82, 2.24) is 9.97 Å². The van der Waals surface area contributed by atoms with Crippen molar-refractivity contribution in [3.63, 3.8) is 0 Å². The molecule has 0 amide bonds. The number of nitrogens with zero attached hydrogens (tertiary/aromatic N) is 2. The minimum atomic E-state index is -4.61. The average Bonchev–Trinajstić information content (AvgIpc) is 3.85. The molecular weight excluding hydrogens is 1360 g/mol. The van der Waals surface area contributed by atoms with E-state index in [0.717, 1.165) is 61.7 Å². The van der Waals surface area contributed by atoms with Crippen LogP contribution in [0.4, 0.5) is 26.3 Å². The third-order valence-electron chi connectivity index (χ3n) is 13.4. The van der Waals surface area contributed by atoms with Crippen LogP contribution in [0.2, 0.25) is 0 Å². The number of aliphatic hydroxyl groups excluding tert-OH is 2. The number of aliphatic hydroxyl groups is 2. The van der Waals surface area contributed by atoms with Crippen LogP contribution < -0.4 is 0 Å². The normalized spacial score (nSPS) is 13.5. The third-order valence-corrected chi connectivity index (χ3v) is 13.4. The Labute approximate surface area is 485 Å². The summed E-state index contributed by atoms with van der Waals surface area (Å²) in [5.74, 6) is -1.41. The number of rotatable bonds is 12. The standard InChI is InChI=1S/C22H22N.C20H20N.2C11H17F3O2.2Ir/c1-15-11-16(2)13-20(12-15)22-21-8-7-18(17-5-3-4-6-17)14-19(21)9-10-23-22;1-13(2)16-5-6-19-17(12-16)7-8-21-20(19)18-10-14(3)9-15(4)11-18;2*1-7(2)5-8(15)6-9(16)10(3,4)11(12,13)14;;/h7-12,14,17H,3-6H2,1-2H3;5-10,12-13H,1-4H3;2*6-7,15H,5H2,1-4H3;;/q2*-1;;;;. The molecule has 2 radical (unpaired) electrons. The minimum absolute atomic E-state index is 0. The predicted molar refractivity (Wildman–Crippen MR) is 296 cm³/mol. The molecule has 0 bridgehead atoms. The maximum Gasteiger partial charge on any atom is 0.401 e. The number of alkyl halides is 6. The Hall–Kier alpha value is -5.00. The van der Waals surface area contributed by atoms with Crippen molar-refractivity contribution in [2.75, 3.05) is 0 Å². The molecule has 1 saturated carbocycles. The molecule has 0 unspecified atom stereocenters. The van der Waals surface area contributed by atoms with Crippen LogP contribution in [0.3, 0.4) is 0 Å². The first-order valence-electron chi connectivity index (χ1n) is 26.0. The molecule has 14 heteroatoms. The van der Waals surface area contributed by atoms with Gasteiger partial charge in [-0.1, -0.05) is 118 Å². The van der Waals surface area contributed by atoms with Crippen LogP contribution >= 0.6 is 0 Å². The summed E-state index contributed by atoms with van der Waals surface area (Å²) < 4.78 is 74.8. The van der Waals surface area contributed by atoms with Crippen molar-refractivity contribution in [2.24, 2.45) is 22.7 Å². The summed E-state index contributed by atoms with van der Waals surface area (Å²) in [6, 6.07) is 33.4. The van der Waals surface area contributed by atoms with E-state index in [2.05, 4.69) is 136 Å². The molecule has 428 valence electrons. The second-order valence-electron chi connectivity index (χ2n) is 22.4. The van der Waals surface area contributed by atoms with Crippen LogP contribution in [0.25, 0.3) is 44.1 Å². The van der Waals surface area contributed by atoms with E-state index in [4.69, 9.17) is 0 Å². The molecule has 0 spiro atoms. The van der Waals surface area contributed by atoms with Crippen molar-refractivity contribution in [3.8, 4) is 22.5 Å². The van der Waals surface area contributed by atoms with Gasteiger partial charge in [-0.25, -0.2) is 0 Å². The van der Waals surface area contributed by atoms with Crippen molar-refractivity contribution in [1.29, 1.82) is 0 Å². The van der Waals surface area contributed by atoms with Gasteiger partial charge >= 0.3 is 12.4 Å². The van der Waals surface area contributed by atoms with Gasteiger partial charge in [0.2, 0.25) is 0 Å². The monoisotopic (exact) mass is 1440 g/mol. The number of ketones is 2. The summed E-state index contributed by atoms with van der Waals surface area (Å²) in [6.07, 6.45) is 1.78. The predicted octanol–water partition coefficient (Wildman–Crippen LogP) is 18.7. The SMILES string of the molecule is CC(C)CC(O)=CC(=O)C(C)(C)C(F)(F)F.CC(C)CC(O)=CC(=O)C(C)(C)C(F)(F)F.Cc1[c-]c(-c2nccc3cc(C(C)C)ccc23)cc(C)c1.Cc1[c-]c(-c2nccc3cc(C4CCCC4)ccc23)cc(C)c1.[Ir].[Ir]. The van der Waals surface area contributed by atoms with Gasteiger partial charge in [-0.2, -0.15) is 26.3 Å². The second kappa shape index (κ2) is 29.5. The quantitative estimate of drug-likeness (QED) is 0.0548. The van der Waals surface area contributed by atoms with Gasteiger partial charge in [-0.3, -0.25) is 9.59 Å². The minimum Gasteiger partial charge on any atom is -0.512 e. The van der Waals surface area contributed by atoms with Crippen molar-refractivity contribution >= 4 is 33.1 Å². The zero-order valence-corrected chi connectivity index (χ0v) is 52.1. The number of aryl methyl sites for hydroxylation is 4. The molecule has 6 nitrogen and oxygen atoms in total. The van der Waals surface area contributed by atoms with Gasteiger partial charge in [0, 0.05) is 77.6 Å². The molecule has 2 N–H and O–H groups in total. The largest absolute Gasteiger partial charge is 0.512 e. The van der Waals surface area contributed by atoms with Crippen LogP contribution in [-0.2, 0) is 49.8 Å². The summed E-state index contributed by atoms with van der Waals surface area (Å²) in [5, 5.41) is 23.6. The first-order chi connectivity index (χ1) is 35.2. The number of halogens is 6. The first-order valence-corrected chi connectivity index (χ1v) is 26.0. The van der Waals surface area contributed by atoms with Crippen LogP contribution in [0, 0.1) is 62.5 Å². The van der Waals surface area contributed by atoms with E-state index in [9.17, 15) is 46.1 Å². The summed E-state index contributed by atoms with van der Waals surface area (Å²) in [6.45, 7) is 23.3. The Morgan fingerprint density at radius 1 is 0.590 bits per heavy atom. The number of fused-ring (bicyclic) bond motifs is 2. The summed E-state index contributed by atoms with van der Waals surface area (Å²) in [7, 11) is 0. The molecular formula is C64H76F6Ir2N2O4-2. The fourth-order valence-corrected chi connectivity index (χ4v) is 8.64. The van der Waals surface area contributed by atoms with Crippen LogP contribution in [-0.4, -0.2) is 44.1 Å². The average molecular weight is 1440 g/mol. The molecule has 7 rings (SSSR count). The van der Waals surface area contributed by atoms with Gasteiger partial charge in [0.05, 0.1) is 11.5 Å². The van der Waals surface area contributed by atoms with Gasteiger partial charge in [0.15, 0.2) is 11.6 Å². The van der Waals surface area contributed by atoms with Gasteiger partial charge in [-0.05, 0) is 120 Å². The number of hydrogen-bond donors (Lipinski definition) is 2. The van der Waals surface area contributed by atoms with Crippen molar-refractivity contribution < 1.29 is 86.4 Å². The van der Waals surface area contributed by atoms with Crippen LogP contribution in [0.15, 0.2) is 109 Å². The smallest absolute Gasteiger partial charge is 0.401 e. The van der Waals surface area contributed by atoms with Crippen LogP contribution in [0.5, 0.6) is 0 Å². The van der Waals surface area contributed by atoms with E-state index in [1.807, 2.05) is 12.4 Å². The molecule has 2 aromatic heterocycles. The Bertz CT molecular complexity index is 2920. The molecule has 78 heavy (non-hydrogen) atoms. The molecule has 0 atom stereocenters. The van der Waals surface area contributed by atoms with Crippen molar-refractivity contribution in [2.45, 2.75) is 160 Å². The van der Waals surface area contributed by atoms with E-state index < -0.39 is 34.7 Å². The molecule has 1 aliphatic rings. The third kappa shape index (κ3) is 19.4. The molecule has 4 aromatic carbocycles. The first kappa shape index (κ1) is 69.1. The molecule has 1 aliphatic carbocycles. The van der Waals surface area contributed by atoms with E-state index >= 15 is 0 Å². The van der Waals surface area contributed by atoms with Gasteiger partial charge in [-0.15, -0.1) is 69.8 Å². The molecule has 1 fully saturated rings. The zero-order valence-electron chi connectivity index (χ0n) is 47.3. The van der Waals surface area contributed by atoms with E-state index in [1.165, 1.54) is 75.0 Å². The topological polar surface area (TPSA) is 100 Å². The second-order valence-corrected chi connectivity index (χ2v) is 22.4. The maximum atomic E-state index is 12.5. The molecule has 6 aromatic rings. The van der Waals surface area contributed by atoms with Crippen molar-refractivity contribution in [3.05, 3.63) is 154 Å². The number of carbonyl (C=O) groups is 2. The van der Waals surface area contributed by atoms with Gasteiger partial charge in [0.1, 0.15) is 10.8 Å². The van der Waals surface area contributed by atoms with Gasteiger partial charge < -0.3 is 20.2 Å². The Morgan fingerprint density at radius 3 is 1.33 bits per heavy atom. The van der Waals surface area contributed by atoms with E-state index in [1.54, 1.807) is 27.7 Å². The summed E-state index contributed by atoms with van der Waals surface area (Å²) in [4.78, 5) is 32.0. The Balaban J connectivity index is 0.000000358. The van der Waals surface area contributed by atoms with Crippen LogP contribution in [0.1, 0.15) is 153 Å².